The van der Waals surface area contributed by atoms with Crippen LogP contribution in [-0.2, 0) is 22.4 Å². The van der Waals surface area contributed by atoms with Crippen molar-refractivity contribution in [2.24, 2.45) is 0 Å². The molecule has 0 aliphatic carbocycles. The molecule has 0 saturated carbocycles. The molecule has 10 heteroatoms. The van der Waals surface area contributed by atoms with Gasteiger partial charge in [-0.2, -0.15) is 0 Å². The standard InChI is InChI=1S/C25H32N4O6/c1-25(2,3)35-24(31)28(14-12-20-8-5-6-13-26-20)17-19-11-10-18(16-21(19)29(32)33)23(30)27(4)22-9-7-15-34-22/h5-6,8,10-11,13,16,22H,7,9,12,14-15,17H2,1-4H3. The number of rotatable bonds is 8. The largest absolute Gasteiger partial charge is 0.444 e. The molecule has 3 rings (SSSR count). The van der Waals surface area contributed by atoms with E-state index < -0.39 is 16.6 Å². The van der Waals surface area contributed by atoms with E-state index in [0.717, 1.165) is 18.5 Å². The molecule has 2 aromatic rings. The van der Waals surface area contributed by atoms with E-state index in [2.05, 4.69) is 4.98 Å². The van der Waals surface area contributed by atoms with Gasteiger partial charge in [-0.1, -0.05) is 6.07 Å². The van der Waals surface area contributed by atoms with Crippen LogP contribution in [0.25, 0.3) is 0 Å². The SMILES string of the molecule is CN(C(=O)c1ccc(CN(CCc2ccccn2)C(=O)OC(C)(C)C)c([N+](=O)[O-])c1)C1CCCO1. The minimum Gasteiger partial charge on any atom is -0.444 e. The highest BCUT2D eigenvalue weighted by molar-refractivity contribution is 5.95. The van der Waals surface area contributed by atoms with Crippen LogP contribution in [0.4, 0.5) is 10.5 Å². The molecule has 35 heavy (non-hydrogen) atoms. The molecule has 1 atom stereocenters. The van der Waals surface area contributed by atoms with Gasteiger partial charge >= 0.3 is 6.09 Å². The number of benzene rings is 1. The summed E-state index contributed by atoms with van der Waals surface area (Å²) in [5, 5.41) is 11.9. The fraction of sp³-hybridized carbons (Fsp3) is 0.480. The summed E-state index contributed by atoms with van der Waals surface area (Å²) in [6.07, 6.45) is 2.79. The molecular formula is C25H32N4O6. The van der Waals surface area contributed by atoms with Crippen LogP contribution in [0.15, 0.2) is 42.6 Å². The molecule has 0 spiro atoms. The number of hydrogen-bond acceptors (Lipinski definition) is 7. The normalized spacial score (nSPS) is 15.5. The molecule has 2 amide bonds. The maximum absolute atomic E-state index is 12.9. The van der Waals surface area contributed by atoms with E-state index in [1.807, 2.05) is 12.1 Å². The second-order valence-electron chi connectivity index (χ2n) is 9.46. The third-order valence-electron chi connectivity index (χ3n) is 5.56. The van der Waals surface area contributed by atoms with E-state index in [9.17, 15) is 19.7 Å². The van der Waals surface area contributed by atoms with E-state index in [4.69, 9.17) is 9.47 Å². The van der Waals surface area contributed by atoms with E-state index >= 15 is 0 Å². The Hall–Kier alpha value is -3.53. The average molecular weight is 485 g/mol. The fourth-order valence-corrected chi connectivity index (χ4v) is 3.76. The van der Waals surface area contributed by atoms with Crippen LogP contribution in [0.2, 0.25) is 0 Å². The molecule has 10 nitrogen and oxygen atoms in total. The van der Waals surface area contributed by atoms with Crippen LogP contribution in [0.3, 0.4) is 0 Å². The molecule has 188 valence electrons. The predicted octanol–water partition coefficient (Wildman–Crippen LogP) is 4.18. The number of nitro groups is 1. The number of nitro benzene ring substituents is 1. The van der Waals surface area contributed by atoms with Gasteiger partial charge in [0.1, 0.15) is 11.8 Å². The highest BCUT2D eigenvalue weighted by atomic mass is 16.6. The first-order chi connectivity index (χ1) is 16.5. The van der Waals surface area contributed by atoms with Crippen LogP contribution < -0.4 is 0 Å². The van der Waals surface area contributed by atoms with E-state index in [-0.39, 0.29) is 36.5 Å². The molecule has 0 bridgehead atoms. The molecule has 1 aromatic heterocycles. The zero-order valence-electron chi connectivity index (χ0n) is 20.6. The highest BCUT2D eigenvalue weighted by Gasteiger charge is 2.28. The first-order valence-corrected chi connectivity index (χ1v) is 11.6. The number of carbonyl (C=O) groups excluding carboxylic acids is 2. The summed E-state index contributed by atoms with van der Waals surface area (Å²) in [7, 11) is 1.62. The second-order valence-corrected chi connectivity index (χ2v) is 9.46. The molecule has 1 unspecified atom stereocenters. The van der Waals surface area contributed by atoms with Gasteiger partial charge in [0, 0.05) is 55.7 Å². The monoisotopic (exact) mass is 484 g/mol. The number of amides is 2. The predicted molar refractivity (Wildman–Crippen MR) is 129 cm³/mol. The highest BCUT2D eigenvalue weighted by Crippen LogP contribution is 2.25. The molecule has 0 radical (unpaired) electrons. The van der Waals surface area contributed by atoms with Crippen molar-refractivity contribution >= 4 is 17.7 Å². The third-order valence-corrected chi connectivity index (χ3v) is 5.56. The van der Waals surface area contributed by atoms with E-state index in [1.54, 1.807) is 46.1 Å². The van der Waals surface area contributed by atoms with Gasteiger partial charge in [-0.3, -0.25) is 19.9 Å². The molecule has 1 saturated heterocycles. The molecular weight excluding hydrogens is 452 g/mol. The van der Waals surface area contributed by atoms with Gasteiger partial charge in [0.25, 0.3) is 11.6 Å². The number of hydrogen-bond donors (Lipinski definition) is 0. The number of ether oxygens (including phenoxy) is 2. The van der Waals surface area contributed by atoms with Crippen molar-refractivity contribution in [2.45, 2.75) is 58.4 Å². The quantitative estimate of drug-likeness (QED) is 0.408. The van der Waals surface area contributed by atoms with Crippen LogP contribution >= 0.6 is 0 Å². The minimum atomic E-state index is -0.727. The Kier molecular flexibility index (Phi) is 8.39. The number of nitrogens with zero attached hydrogens (tertiary/aromatic N) is 4. The summed E-state index contributed by atoms with van der Waals surface area (Å²) in [5.74, 6) is -0.356. The van der Waals surface area contributed by atoms with Crippen LogP contribution in [0.5, 0.6) is 0 Å². The summed E-state index contributed by atoms with van der Waals surface area (Å²) in [4.78, 5) is 44.3. The Bertz CT molecular complexity index is 1050. The van der Waals surface area contributed by atoms with Crippen LogP contribution in [-0.4, -0.2) is 63.7 Å². The zero-order valence-corrected chi connectivity index (χ0v) is 20.6. The lowest BCUT2D eigenvalue weighted by molar-refractivity contribution is -0.385. The Balaban J connectivity index is 1.83. The van der Waals surface area contributed by atoms with Crippen molar-refractivity contribution in [1.82, 2.24) is 14.8 Å². The number of pyridine rings is 1. The van der Waals surface area contributed by atoms with Gasteiger partial charge in [0.2, 0.25) is 0 Å². The van der Waals surface area contributed by atoms with Gasteiger partial charge in [-0.25, -0.2) is 4.79 Å². The Labute approximate surface area is 205 Å². The van der Waals surface area contributed by atoms with Gasteiger partial charge in [0.15, 0.2) is 0 Å². The summed E-state index contributed by atoms with van der Waals surface area (Å²) in [6.45, 7) is 6.07. The van der Waals surface area contributed by atoms with Crippen molar-refractivity contribution in [3.63, 3.8) is 0 Å². The Morgan fingerprint density at radius 3 is 2.63 bits per heavy atom. The fourth-order valence-electron chi connectivity index (χ4n) is 3.76. The molecule has 1 fully saturated rings. The third kappa shape index (κ3) is 7.22. The zero-order chi connectivity index (χ0) is 25.6. The summed E-state index contributed by atoms with van der Waals surface area (Å²) < 4.78 is 11.1. The van der Waals surface area contributed by atoms with Gasteiger partial charge in [0.05, 0.1) is 11.5 Å². The topological polar surface area (TPSA) is 115 Å². The van der Waals surface area contributed by atoms with Crippen LogP contribution in [0.1, 0.15) is 55.2 Å². The average Bonchev–Trinajstić information content (AvgIpc) is 3.35. The van der Waals surface area contributed by atoms with E-state index in [1.165, 1.54) is 21.9 Å². The lowest BCUT2D eigenvalue weighted by atomic mass is 10.1. The van der Waals surface area contributed by atoms with Crippen molar-refractivity contribution in [3.05, 3.63) is 69.5 Å². The molecule has 1 aromatic carbocycles. The van der Waals surface area contributed by atoms with Gasteiger partial charge in [-0.15, -0.1) is 0 Å². The van der Waals surface area contributed by atoms with Gasteiger partial charge in [-0.05, 0) is 57.9 Å². The van der Waals surface area contributed by atoms with Gasteiger partial charge < -0.3 is 19.3 Å². The smallest absolute Gasteiger partial charge is 0.410 e. The van der Waals surface area contributed by atoms with Crippen LogP contribution in [0, 0.1) is 10.1 Å². The van der Waals surface area contributed by atoms with Crippen molar-refractivity contribution in [2.75, 3.05) is 20.2 Å². The number of aromatic nitrogens is 1. The summed E-state index contributed by atoms with van der Waals surface area (Å²) >= 11 is 0. The first kappa shape index (κ1) is 26.1. The first-order valence-electron chi connectivity index (χ1n) is 11.6. The second kappa shape index (κ2) is 11.3. The van der Waals surface area contributed by atoms with Crippen molar-refractivity contribution in [3.8, 4) is 0 Å². The molecule has 1 aliphatic rings. The molecule has 0 N–H and O–H groups in total. The lowest BCUT2D eigenvalue weighted by Gasteiger charge is -2.27. The van der Waals surface area contributed by atoms with Crippen molar-refractivity contribution < 1.29 is 24.0 Å². The van der Waals surface area contributed by atoms with Crippen molar-refractivity contribution in [1.29, 1.82) is 0 Å². The minimum absolute atomic E-state index is 0.0475. The Morgan fingerprint density at radius 1 is 1.26 bits per heavy atom. The van der Waals surface area contributed by atoms with E-state index in [0.29, 0.717) is 18.6 Å². The summed E-state index contributed by atoms with van der Waals surface area (Å²) in [6, 6.07) is 9.83. The maximum atomic E-state index is 12.9. The molecule has 1 aliphatic heterocycles. The Morgan fingerprint density at radius 2 is 2.03 bits per heavy atom. The number of carbonyl (C=O) groups is 2. The molecule has 2 heterocycles. The summed E-state index contributed by atoms with van der Waals surface area (Å²) in [5.41, 5.74) is 0.320. The lowest BCUT2D eigenvalue weighted by Crippen LogP contribution is -2.38. The maximum Gasteiger partial charge on any atom is 0.410 e.